The van der Waals surface area contributed by atoms with Crippen molar-refractivity contribution in [3.8, 4) is 11.5 Å². The maximum Gasteiger partial charge on any atom is 0.294 e. The fourth-order valence-corrected chi connectivity index (χ4v) is 4.09. The van der Waals surface area contributed by atoms with Crippen LogP contribution in [0.2, 0.25) is 5.02 Å². The lowest BCUT2D eigenvalue weighted by Crippen LogP contribution is -2.36. The first-order valence-corrected chi connectivity index (χ1v) is 10.7. The van der Waals surface area contributed by atoms with Crippen LogP contribution in [-0.2, 0) is 9.59 Å². The Morgan fingerprint density at radius 1 is 1.33 bits per heavy atom. The van der Waals surface area contributed by atoms with Gasteiger partial charge in [-0.25, -0.2) is 0 Å². The third-order valence-electron chi connectivity index (χ3n) is 3.95. The number of hydrogen-bond donors (Lipinski definition) is 2. The van der Waals surface area contributed by atoms with Crippen molar-refractivity contribution in [3.05, 3.63) is 56.4 Å². The summed E-state index contributed by atoms with van der Waals surface area (Å²) in [6.45, 7) is 1.71. The van der Waals surface area contributed by atoms with E-state index in [-0.39, 0.29) is 16.4 Å². The molecule has 0 saturated carbocycles. The van der Waals surface area contributed by atoms with Crippen molar-refractivity contribution >= 4 is 68.1 Å². The Balaban J connectivity index is 1.76. The number of carbonyl (C=O) groups excluding carboxylic acids is 3. The van der Waals surface area contributed by atoms with E-state index in [1.165, 1.54) is 12.1 Å². The summed E-state index contributed by atoms with van der Waals surface area (Å²) >= 11 is 9.94. The van der Waals surface area contributed by atoms with Crippen LogP contribution in [0.1, 0.15) is 12.5 Å². The van der Waals surface area contributed by atoms with Crippen molar-refractivity contribution in [1.29, 1.82) is 0 Å². The molecule has 2 aromatic rings. The number of benzene rings is 2. The first-order chi connectivity index (χ1) is 14.3. The van der Waals surface area contributed by atoms with Crippen molar-refractivity contribution in [2.45, 2.75) is 6.92 Å². The summed E-state index contributed by atoms with van der Waals surface area (Å²) in [5.41, 5.74) is 1.01. The number of amides is 3. The van der Waals surface area contributed by atoms with Gasteiger partial charge in [-0.15, -0.1) is 0 Å². The molecule has 1 saturated heterocycles. The molecule has 0 aliphatic carbocycles. The molecule has 0 bridgehead atoms. The number of phenolic OH excluding ortho intramolecular Hbond substituents is 1. The van der Waals surface area contributed by atoms with Crippen LogP contribution in [0.5, 0.6) is 11.5 Å². The van der Waals surface area contributed by atoms with E-state index >= 15 is 0 Å². The molecule has 7 nitrogen and oxygen atoms in total. The summed E-state index contributed by atoms with van der Waals surface area (Å²) in [6.07, 6.45) is 1.51. The quantitative estimate of drug-likeness (QED) is 0.537. The molecule has 0 aromatic heterocycles. The lowest BCUT2D eigenvalue weighted by Gasteiger charge is -2.12. The summed E-state index contributed by atoms with van der Waals surface area (Å²) in [5.74, 6) is -0.895. The molecule has 1 aliphatic heterocycles. The molecule has 10 heteroatoms. The number of hydrogen-bond acceptors (Lipinski definition) is 6. The van der Waals surface area contributed by atoms with Gasteiger partial charge in [0.1, 0.15) is 6.54 Å². The standard InChI is InChI=1S/C20H16BrClN2O5S/c1-2-29-16-6-11(14(21)9-15(16)25)7-17-19(27)24(20(28)30-17)10-18(26)23-13-5-3-4-12(22)8-13/h3-9,25H,2,10H2,1H3,(H,23,26)/b17-7-. The Hall–Kier alpha value is -2.49. The Morgan fingerprint density at radius 3 is 2.80 bits per heavy atom. The summed E-state index contributed by atoms with van der Waals surface area (Å²) in [7, 11) is 0. The molecule has 0 unspecified atom stereocenters. The minimum Gasteiger partial charge on any atom is -0.504 e. The molecule has 3 rings (SSSR count). The first-order valence-electron chi connectivity index (χ1n) is 8.74. The molecule has 2 aromatic carbocycles. The fourth-order valence-electron chi connectivity index (χ4n) is 2.63. The molecule has 0 atom stereocenters. The van der Waals surface area contributed by atoms with Gasteiger partial charge in [-0.05, 0) is 60.7 Å². The molecule has 0 radical (unpaired) electrons. The highest BCUT2D eigenvalue weighted by molar-refractivity contribution is 9.10. The second kappa shape index (κ2) is 9.55. The monoisotopic (exact) mass is 510 g/mol. The van der Waals surface area contributed by atoms with Crippen LogP contribution in [-0.4, -0.2) is 40.2 Å². The van der Waals surface area contributed by atoms with Crippen LogP contribution >= 0.6 is 39.3 Å². The predicted molar refractivity (Wildman–Crippen MR) is 120 cm³/mol. The van der Waals surface area contributed by atoms with E-state index in [1.54, 1.807) is 37.3 Å². The van der Waals surface area contributed by atoms with Gasteiger partial charge in [0, 0.05) is 15.2 Å². The zero-order chi connectivity index (χ0) is 21.8. The Bertz CT molecular complexity index is 1060. The van der Waals surface area contributed by atoms with Crippen LogP contribution in [0, 0.1) is 0 Å². The van der Waals surface area contributed by atoms with Crippen LogP contribution < -0.4 is 10.1 Å². The van der Waals surface area contributed by atoms with Gasteiger partial charge in [-0.2, -0.15) is 0 Å². The average Bonchev–Trinajstić information content (AvgIpc) is 2.93. The van der Waals surface area contributed by atoms with Gasteiger partial charge in [0.15, 0.2) is 11.5 Å². The number of rotatable bonds is 6. The van der Waals surface area contributed by atoms with E-state index in [9.17, 15) is 19.5 Å². The molecule has 1 fully saturated rings. The minimum absolute atomic E-state index is 0.0494. The van der Waals surface area contributed by atoms with Gasteiger partial charge < -0.3 is 15.2 Å². The second-order valence-electron chi connectivity index (χ2n) is 6.10. The number of nitrogens with zero attached hydrogens (tertiary/aromatic N) is 1. The van der Waals surface area contributed by atoms with Crippen molar-refractivity contribution in [2.24, 2.45) is 0 Å². The number of ether oxygens (including phenoxy) is 1. The van der Waals surface area contributed by atoms with Gasteiger partial charge >= 0.3 is 0 Å². The van der Waals surface area contributed by atoms with E-state index < -0.39 is 23.6 Å². The van der Waals surface area contributed by atoms with Gasteiger partial charge in [-0.1, -0.05) is 33.6 Å². The van der Waals surface area contributed by atoms with Gasteiger partial charge in [0.2, 0.25) is 5.91 Å². The van der Waals surface area contributed by atoms with Crippen molar-refractivity contribution in [2.75, 3.05) is 18.5 Å². The molecule has 1 heterocycles. The Kier molecular flexibility index (Phi) is 7.06. The number of thioether (sulfide) groups is 1. The molecule has 1 aliphatic rings. The van der Waals surface area contributed by atoms with Crippen LogP contribution in [0.15, 0.2) is 45.8 Å². The Morgan fingerprint density at radius 2 is 2.10 bits per heavy atom. The van der Waals surface area contributed by atoms with E-state index in [4.69, 9.17) is 16.3 Å². The number of anilines is 1. The largest absolute Gasteiger partial charge is 0.504 e. The van der Waals surface area contributed by atoms with E-state index in [1.807, 2.05) is 0 Å². The van der Waals surface area contributed by atoms with Gasteiger partial charge in [0.25, 0.3) is 11.1 Å². The lowest BCUT2D eigenvalue weighted by molar-refractivity contribution is -0.127. The number of halogens is 2. The van der Waals surface area contributed by atoms with Gasteiger partial charge in [0.05, 0.1) is 11.5 Å². The normalized spacial score (nSPS) is 15.0. The number of phenols is 1. The number of nitrogens with one attached hydrogen (secondary N) is 1. The lowest BCUT2D eigenvalue weighted by atomic mass is 10.2. The second-order valence-corrected chi connectivity index (χ2v) is 8.38. The average molecular weight is 512 g/mol. The van der Waals surface area contributed by atoms with Crippen molar-refractivity contribution < 1.29 is 24.2 Å². The topological polar surface area (TPSA) is 95.9 Å². The van der Waals surface area contributed by atoms with Crippen LogP contribution in [0.3, 0.4) is 0 Å². The summed E-state index contributed by atoms with van der Waals surface area (Å²) < 4.78 is 5.87. The number of aromatic hydroxyl groups is 1. The summed E-state index contributed by atoms with van der Waals surface area (Å²) in [5, 5.41) is 12.4. The zero-order valence-corrected chi connectivity index (χ0v) is 18.8. The molecule has 0 spiro atoms. The highest BCUT2D eigenvalue weighted by Crippen LogP contribution is 2.37. The van der Waals surface area contributed by atoms with Crippen molar-refractivity contribution in [1.82, 2.24) is 4.90 Å². The highest BCUT2D eigenvalue weighted by atomic mass is 79.9. The third-order valence-corrected chi connectivity index (χ3v) is 5.78. The van der Waals surface area contributed by atoms with Crippen molar-refractivity contribution in [3.63, 3.8) is 0 Å². The molecular weight excluding hydrogens is 496 g/mol. The van der Waals surface area contributed by atoms with Crippen LogP contribution in [0.4, 0.5) is 10.5 Å². The SMILES string of the molecule is CCOc1cc(/C=C2\SC(=O)N(CC(=O)Nc3cccc(Cl)c3)C2=O)c(Br)cc1O. The predicted octanol–water partition coefficient (Wildman–Crippen LogP) is 4.88. The fraction of sp³-hybridized carbons (Fsp3) is 0.150. The number of carbonyl (C=O) groups is 3. The summed E-state index contributed by atoms with van der Waals surface area (Å²) in [4.78, 5) is 38.2. The molecule has 2 N–H and O–H groups in total. The molecular formula is C20H16BrClN2O5S. The molecule has 30 heavy (non-hydrogen) atoms. The smallest absolute Gasteiger partial charge is 0.294 e. The first kappa shape index (κ1) is 22.2. The molecule has 156 valence electrons. The van der Waals surface area contributed by atoms with E-state index in [0.717, 1.165) is 16.7 Å². The van der Waals surface area contributed by atoms with Gasteiger partial charge in [-0.3, -0.25) is 19.3 Å². The summed E-state index contributed by atoms with van der Waals surface area (Å²) in [6, 6.07) is 9.55. The minimum atomic E-state index is -0.579. The third kappa shape index (κ3) is 5.16. The maximum absolute atomic E-state index is 12.7. The molecule has 3 amide bonds. The number of imide groups is 1. The van der Waals surface area contributed by atoms with Crippen LogP contribution in [0.25, 0.3) is 6.08 Å². The maximum atomic E-state index is 12.7. The Labute approximate surface area is 190 Å². The van der Waals surface area contributed by atoms with E-state index in [2.05, 4.69) is 21.2 Å². The highest BCUT2D eigenvalue weighted by Gasteiger charge is 2.36. The van der Waals surface area contributed by atoms with E-state index in [0.29, 0.717) is 27.4 Å². The zero-order valence-electron chi connectivity index (χ0n) is 15.6.